The lowest BCUT2D eigenvalue weighted by molar-refractivity contribution is 0.0919. The first kappa shape index (κ1) is 19.5. The summed E-state index contributed by atoms with van der Waals surface area (Å²) in [6.45, 7) is 7.60. The monoisotopic (exact) mass is 380 g/mol. The molecule has 0 fully saturated rings. The molecule has 1 aromatic heterocycles. The Hall–Kier alpha value is -3.28. The van der Waals surface area contributed by atoms with Crippen LogP contribution in [0.2, 0.25) is 0 Å². The molecule has 2 amide bonds. The fraction of sp³-hybridized carbons (Fsp3) is 0.273. The third kappa shape index (κ3) is 4.17. The molecular formula is C22H24N2O4. The highest BCUT2D eigenvalue weighted by Gasteiger charge is 2.19. The number of carbonyl (C=O) groups excluding carboxylic acids is 2. The van der Waals surface area contributed by atoms with Gasteiger partial charge in [-0.25, -0.2) is 0 Å². The summed E-state index contributed by atoms with van der Waals surface area (Å²) >= 11 is 0. The van der Waals surface area contributed by atoms with Crippen molar-refractivity contribution in [3.63, 3.8) is 0 Å². The van der Waals surface area contributed by atoms with Crippen molar-refractivity contribution in [3.8, 4) is 5.75 Å². The molecule has 6 nitrogen and oxygen atoms in total. The van der Waals surface area contributed by atoms with E-state index in [-0.39, 0.29) is 23.1 Å². The summed E-state index contributed by atoms with van der Waals surface area (Å²) in [4.78, 5) is 24.8. The van der Waals surface area contributed by atoms with Crippen molar-refractivity contribution in [2.45, 2.75) is 33.2 Å². The molecular weight excluding hydrogens is 356 g/mol. The Morgan fingerprint density at radius 1 is 1.00 bits per heavy atom. The van der Waals surface area contributed by atoms with Gasteiger partial charge in [-0.05, 0) is 70.2 Å². The van der Waals surface area contributed by atoms with E-state index in [0.717, 1.165) is 10.9 Å². The van der Waals surface area contributed by atoms with Crippen molar-refractivity contribution in [2.75, 3.05) is 12.4 Å². The number of nitrogens with one attached hydrogen (secondary N) is 2. The van der Waals surface area contributed by atoms with Crippen molar-refractivity contribution in [1.82, 2.24) is 5.32 Å². The second kappa shape index (κ2) is 7.38. The Labute approximate surface area is 163 Å². The summed E-state index contributed by atoms with van der Waals surface area (Å²) in [7, 11) is 1.59. The van der Waals surface area contributed by atoms with Crippen LogP contribution in [0.4, 0.5) is 5.69 Å². The van der Waals surface area contributed by atoms with E-state index in [9.17, 15) is 9.59 Å². The molecule has 0 bridgehead atoms. The Morgan fingerprint density at radius 2 is 1.68 bits per heavy atom. The van der Waals surface area contributed by atoms with Crippen LogP contribution in [0, 0.1) is 6.92 Å². The Morgan fingerprint density at radius 3 is 2.29 bits per heavy atom. The zero-order valence-electron chi connectivity index (χ0n) is 16.7. The number of methoxy groups -OCH3 is 1. The van der Waals surface area contributed by atoms with Gasteiger partial charge in [0.05, 0.1) is 7.11 Å². The molecule has 28 heavy (non-hydrogen) atoms. The normalized spacial score (nSPS) is 11.3. The van der Waals surface area contributed by atoms with Gasteiger partial charge in [0.25, 0.3) is 11.8 Å². The van der Waals surface area contributed by atoms with Gasteiger partial charge < -0.3 is 19.8 Å². The minimum Gasteiger partial charge on any atom is -0.497 e. The van der Waals surface area contributed by atoms with Gasteiger partial charge in [0.1, 0.15) is 11.3 Å². The topological polar surface area (TPSA) is 80.6 Å². The van der Waals surface area contributed by atoms with Crippen LogP contribution in [-0.2, 0) is 0 Å². The highest BCUT2D eigenvalue weighted by Crippen LogP contribution is 2.29. The van der Waals surface area contributed by atoms with Crippen LogP contribution in [0.3, 0.4) is 0 Å². The zero-order chi connectivity index (χ0) is 20.5. The van der Waals surface area contributed by atoms with Gasteiger partial charge in [0.2, 0.25) is 0 Å². The molecule has 2 N–H and O–H groups in total. The highest BCUT2D eigenvalue weighted by molar-refractivity contribution is 6.06. The summed E-state index contributed by atoms with van der Waals surface area (Å²) < 4.78 is 10.9. The van der Waals surface area contributed by atoms with Crippen LogP contribution in [0.5, 0.6) is 5.75 Å². The predicted octanol–water partition coefficient (Wildman–Crippen LogP) is 4.53. The number of ether oxygens (including phenoxy) is 1. The Bertz CT molecular complexity index is 1030. The molecule has 0 saturated heterocycles. The summed E-state index contributed by atoms with van der Waals surface area (Å²) in [5.74, 6) is 0.442. The molecule has 0 aliphatic carbocycles. The van der Waals surface area contributed by atoms with E-state index in [0.29, 0.717) is 22.6 Å². The van der Waals surface area contributed by atoms with Crippen LogP contribution in [-0.4, -0.2) is 24.5 Å². The third-order valence-corrected chi connectivity index (χ3v) is 4.24. The number of aryl methyl sites for hydroxylation is 1. The summed E-state index contributed by atoms with van der Waals surface area (Å²) in [5.41, 5.74) is 2.16. The van der Waals surface area contributed by atoms with Crippen molar-refractivity contribution < 1.29 is 18.7 Å². The molecule has 6 heteroatoms. The van der Waals surface area contributed by atoms with E-state index in [4.69, 9.17) is 9.15 Å². The second-order valence-electron chi connectivity index (χ2n) is 7.65. The number of rotatable bonds is 4. The van der Waals surface area contributed by atoms with Crippen molar-refractivity contribution in [1.29, 1.82) is 0 Å². The first-order valence-corrected chi connectivity index (χ1v) is 8.99. The average molecular weight is 380 g/mol. The molecule has 0 aliphatic rings. The average Bonchev–Trinajstić information content (AvgIpc) is 2.97. The number of amides is 2. The lowest BCUT2D eigenvalue weighted by Gasteiger charge is -2.20. The Balaban J connectivity index is 1.77. The molecule has 0 aliphatic heterocycles. The molecule has 1 heterocycles. The molecule has 0 atom stereocenters. The lowest BCUT2D eigenvalue weighted by atomic mass is 10.1. The van der Waals surface area contributed by atoms with Crippen LogP contribution in [0.25, 0.3) is 11.0 Å². The third-order valence-electron chi connectivity index (χ3n) is 4.24. The van der Waals surface area contributed by atoms with Gasteiger partial charge in [-0.2, -0.15) is 0 Å². The second-order valence-corrected chi connectivity index (χ2v) is 7.65. The summed E-state index contributed by atoms with van der Waals surface area (Å²) in [6.07, 6.45) is 0. The Kier molecular flexibility index (Phi) is 5.14. The van der Waals surface area contributed by atoms with E-state index in [1.807, 2.05) is 33.8 Å². The van der Waals surface area contributed by atoms with E-state index >= 15 is 0 Å². The van der Waals surface area contributed by atoms with Crippen molar-refractivity contribution in [3.05, 3.63) is 59.4 Å². The molecule has 146 valence electrons. The van der Waals surface area contributed by atoms with E-state index < -0.39 is 0 Å². The highest BCUT2D eigenvalue weighted by atomic mass is 16.5. The predicted molar refractivity (Wildman–Crippen MR) is 109 cm³/mol. The van der Waals surface area contributed by atoms with Crippen LogP contribution >= 0.6 is 0 Å². The number of furan rings is 1. The quantitative estimate of drug-likeness (QED) is 0.697. The zero-order valence-corrected chi connectivity index (χ0v) is 16.7. The number of anilines is 1. The van der Waals surface area contributed by atoms with Crippen LogP contribution < -0.4 is 15.4 Å². The van der Waals surface area contributed by atoms with E-state index in [2.05, 4.69) is 10.6 Å². The van der Waals surface area contributed by atoms with Crippen LogP contribution in [0.1, 0.15) is 47.2 Å². The van der Waals surface area contributed by atoms with Gasteiger partial charge in [0, 0.05) is 27.7 Å². The fourth-order valence-electron chi connectivity index (χ4n) is 2.85. The van der Waals surface area contributed by atoms with Gasteiger partial charge in [-0.1, -0.05) is 0 Å². The van der Waals surface area contributed by atoms with Crippen molar-refractivity contribution >= 4 is 28.5 Å². The van der Waals surface area contributed by atoms with E-state index in [1.54, 1.807) is 43.5 Å². The fourth-order valence-corrected chi connectivity index (χ4v) is 2.85. The molecule has 3 aromatic rings. The number of fused-ring (bicyclic) bond motifs is 1. The van der Waals surface area contributed by atoms with Crippen molar-refractivity contribution in [2.24, 2.45) is 0 Å². The maximum atomic E-state index is 12.7. The molecule has 0 saturated carbocycles. The largest absolute Gasteiger partial charge is 0.497 e. The molecule has 0 spiro atoms. The number of benzene rings is 2. The minimum absolute atomic E-state index is 0.160. The summed E-state index contributed by atoms with van der Waals surface area (Å²) in [6, 6.07) is 12.1. The molecule has 2 aromatic carbocycles. The smallest absolute Gasteiger partial charge is 0.291 e. The van der Waals surface area contributed by atoms with Gasteiger partial charge in [-0.15, -0.1) is 0 Å². The number of hydrogen-bond donors (Lipinski definition) is 2. The SMILES string of the molecule is COc1ccc2oc(C(=O)Nc3ccc(C(=O)NC(C)(C)C)cc3)c(C)c2c1. The first-order chi connectivity index (χ1) is 13.2. The molecule has 3 rings (SSSR count). The standard InChI is InChI=1S/C22H24N2O4/c1-13-17-12-16(27-5)10-11-18(17)28-19(13)21(26)23-15-8-6-14(7-9-15)20(25)24-22(2,3)4/h6-12H,1-5H3,(H,23,26)(H,24,25). The van der Waals surface area contributed by atoms with Gasteiger partial charge in [0.15, 0.2) is 5.76 Å². The van der Waals surface area contributed by atoms with Crippen LogP contribution in [0.15, 0.2) is 46.9 Å². The minimum atomic E-state index is -0.348. The maximum Gasteiger partial charge on any atom is 0.291 e. The maximum absolute atomic E-state index is 12.7. The number of carbonyl (C=O) groups is 2. The number of hydrogen-bond acceptors (Lipinski definition) is 4. The lowest BCUT2D eigenvalue weighted by Crippen LogP contribution is -2.40. The molecule has 0 radical (unpaired) electrons. The molecule has 0 unspecified atom stereocenters. The van der Waals surface area contributed by atoms with Gasteiger partial charge >= 0.3 is 0 Å². The van der Waals surface area contributed by atoms with Gasteiger partial charge in [-0.3, -0.25) is 9.59 Å². The van der Waals surface area contributed by atoms with E-state index in [1.165, 1.54) is 0 Å². The summed E-state index contributed by atoms with van der Waals surface area (Å²) in [5, 5.41) is 6.54. The first-order valence-electron chi connectivity index (χ1n) is 8.99.